The lowest BCUT2D eigenvalue weighted by Crippen LogP contribution is -2.47. The molecule has 152 valence electrons. The van der Waals surface area contributed by atoms with Gasteiger partial charge in [-0.15, -0.1) is 10.2 Å². The Balaban J connectivity index is 1.39. The van der Waals surface area contributed by atoms with Gasteiger partial charge in [0, 0.05) is 44.4 Å². The standard InChI is InChI=1S/C22H28N6O/c1-16(2)15-20-25-26-22(29-20)17(3)27-11-13-28(14-12-27)19-9-10-23-21(24-19)18-7-5-4-6-8-18/h4-10,16-17H,11-15H2,1-3H3. The van der Waals surface area contributed by atoms with Gasteiger partial charge in [-0.3, -0.25) is 4.90 Å². The first-order chi connectivity index (χ1) is 14.1. The van der Waals surface area contributed by atoms with Crippen LogP contribution in [-0.2, 0) is 6.42 Å². The van der Waals surface area contributed by atoms with Crippen molar-refractivity contribution in [3.05, 3.63) is 54.4 Å². The van der Waals surface area contributed by atoms with Gasteiger partial charge in [-0.05, 0) is 18.9 Å². The van der Waals surface area contributed by atoms with Crippen LogP contribution < -0.4 is 4.90 Å². The van der Waals surface area contributed by atoms with E-state index in [1.165, 1.54) is 0 Å². The smallest absolute Gasteiger partial charge is 0.233 e. The summed E-state index contributed by atoms with van der Waals surface area (Å²) >= 11 is 0. The molecule has 2 aromatic heterocycles. The van der Waals surface area contributed by atoms with Gasteiger partial charge in [0.1, 0.15) is 5.82 Å². The third-order valence-electron chi connectivity index (χ3n) is 5.28. The molecule has 0 N–H and O–H groups in total. The number of nitrogens with zero attached hydrogens (tertiary/aromatic N) is 6. The van der Waals surface area contributed by atoms with Crippen molar-refractivity contribution in [1.82, 2.24) is 25.1 Å². The molecule has 3 aromatic rings. The van der Waals surface area contributed by atoms with Crippen LogP contribution in [0.3, 0.4) is 0 Å². The molecule has 3 heterocycles. The fourth-order valence-corrected chi connectivity index (χ4v) is 3.61. The quantitative estimate of drug-likeness (QED) is 0.634. The third kappa shape index (κ3) is 4.62. The van der Waals surface area contributed by atoms with Gasteiger partial charge < -0.3 is 9.32 Å². The van der Waals surface area contributed by atoms with Gasteiger partial charge in [-0.2, -0.15) is 0 Å². The van der Waals surface area contributed by atoms with E-state index < -0.39 is 0 Å². The molecule has 1 aliphatic rings. The topological polar surface area (TPSA) is 71.2 Å². The monoisotopic (exact) mass is 392 g/mol. The number of rotatable bonds is 6. The fourth-order valence-electron chi connectivity index (χ4n) is 3.61. The molecule has 1 aromatic carbocycles. The minimum Gasteiger partial charge on any atom is -0.424 e. The number of aromatic nitrogens is 4. The average molecular weight is 393 g/mol. The van der Waals surface area contributed by atoms with Crippen LogP contribution in [0.2, 0.25) is 0 Å². The predicted octanol–water partition coefficient (Wildman–Crippen LogP) is 3.61. The van der Waals surface area contributed by atoms with E-state index in [4.69, 9.17) is 9.40 Å². The number of hydrogen-bond acceptors (Lipinski definition) is 7. The van der Waals surface area contributed by atoms with Crippen molar-refractivity contribution in [2.75, 3.05) is 31.1 Å². The molecular formula is C22H28N6O. The largest absolute Gasteiger partial charge is 0.424 e. The zero-order valence-electron chi connectivity index (χ0n) is 17.3. The second-order valence-electron chi connectivity index (χ2n) is 7.94. The summed E-state index contributed by atoms with van der Waals surface area (Å²) in [6, 6.07) is 12.2. The molecule has 7 heteroatoms. The maximum Gasteiger partial charge on any atom is 0.233 e. The van der Waals surface area contributed by atoms with Gasteiger partial charge in [0.15, 0.2) is 5.82 Å². The Morgan fingerprint density at radius 2 is 1.72 bits per heavy atom. The lowest BCUT2D eigenvalue weighted by Gasteiger charge is -2.37. The van der Waals surface area contributed by atoms with E-state index in [-0.39, 0.29) is 6.04 Å². The summed E-state index contributed by atoms with van der Waals surface area (Å²) in [5.41, 5.74) is 1.04. The molecule has 0 radical (unpaired) electrons. The van der Waals surface area contributed by atoms with Crippen LogP contribution in [-0.4, -0.2) is 51.2 Å². The average Bonchev–Trinajstić information content (AvgIpc) is 3.22. The van der Waals surface area contributed by atoms with Gasteiger partial charge in [0.05, 0.1) is 6.04 Å². The Morgan fingerprint density at radius 3 is 2.45 bits per heavy atom. The molecule has 0 saturated carbocycles. The van der Waals surface area contributed by atoms with Crippen LogP contribution in [0.1, 0.15) is 38.6 Å². The van der Waals surface area contributed by atoms with E-state index in [9.17, 15) is 0 Å². The zero-order chi connectivity index (χ0) is 20.2. The fraction of sp³-hybridized carbons (Fsp3) is 0.455. The van der Waals surface area contributed by atoms with Crippen molar-refractivity contribution >= 4 is 5.82 Å². The van der Waals surface area contributed by atoms with Crippen LogP contribution in [0.5, 0.6) is 0 Å². The summed E-state index contributed by atoms with van der Waals surface area (Å²) < 4.78 is 5.89. The highest BCUT2D eigenvalue weighted by atomic mass is 16.4. The van der Waals surface area contributed by atoms with Crippen LogP contribution in [0, 0.1) is 5.92 Å². The molecule has 7 nitrogen and oxygen atoms in total. The summed E-state index contributed by atoms with van der Waals surface area (Å²) in [7, 11) is 0. The lowest BCUT2D eigenvalue weighted by molar-refractivity contribution is 0.170. The Hall–Kier alpha value is -2.80. The van der Waals surface area contributed by atoms with E-state index in [1.54, 1.807) is 0 Å². The van der Waals surface area contributed by atoms with Crippen molar-refractivity contribution in [1.29, 1.82) is 0 Å². The van der Waals surface area contributed by atoms with Gasteiger partial charge in [0.2, 0.25) is 11.8 Å². The highest BCUT2D eigenvalue weighted by molar-refractivity contribution is 5.57. The molecule has 0 spiro atoms. The molecule has 4 rings (SSSR count). The summed E-state index contributed by atoms with van der Waals surface area (Å²) in [6.07, 6.45) is 2.67. The van der Waals surface area contributed by atoms with Gasteiger partial charge in [-0.25, -0.2) is 9.97 Å². The van der Waals surface area contributed by atoms with Gasteiger partial charge in [0.25, 0.3) is 0 Å². The maximum absolute atomic E-state index is 5.89. The van der Waals surface area contributed by atoms with Crippen LogP contribution in [0.4, 0.5) is 5.82 Å². The molecule has 1 fully saturated rings. The normalized spacial score (nSPS) is 16.3. The van der Waals surface area contributed by atoms with Crippen LogP contribution >= 0.6 is 0 Å². The molecule has 1 saturated heterocycles. The van der Waals surface area contributed by atoms with Crippen LogP contribution in [0.25, 0.3) is 11.4 Å². The SMILES string of the molecule is CC(C)Cc1nnc(C(C)N2CCN(c3ccnc(-c4ccccc4)n3)CC2)o1. The highest BCUT2D eigenvalue weighted by Gasteiger charge is 2.26. The Labute approximate surface area is 171 Å². The summed E-state index contributed by atoms with van der Waals surface area (Å²) in [5, 5.41) is 8.48. The molecule has 0 aliphatic carbocycles. The summed E-state index contributed by atoms with van der Waals surface area (Å²) in [5.74, 6) is 3.69. The Morgan fingerprint density at radius 1 is 0.966 bits per heavy atom. The first-order valence-corrected chi connectivity index (χ1v) is 10.3. The van der Waals surface area contributed by atoms with Gasteiger partial charge in [-0.1, -0.05) is 44.2 Å². The summed E-state index contributed by atoms with van der Waals surface area (Å²) in [6.45, 7) is 10.1. The molecule has 29 heavy (non-hydrogen) atoms. The first-order valence-electron chi connectivity index (χ1n) is 10.3. The second-order valence-corrected chi connectivity index (χ2v) is 7.94. The number of hydrogen-bond donors (Lipinski definition) is 0. The minimum atomic E-state index is 0.121. The Bertz CT molecular complexity index is 918. The van der Waals surface area contributed by atoms with E-state index in [0.29, 0.717) is 11.8 Å². The molecule has 0 bridgehead atoms. The third-order valence-corrected chi connectivity index (χ3v) is 5.28. The van der Waals surface area contributed by atoms with Crippen LogP contribution in [0.15, 0.2) is 47.0 Å². The lowest BCUT2D eigenvalue weighted by atomic mass is 10.1. The Kier molecular flexibility index (Phi) is 5.85. The second kappa shape index (κ2) is 8.69. The first kappa shape index (κ1) is 19.5. The van der Waals surface area contributed by atoms with Gasteiger partial charge >= 0.3 is 0 Å². The molecule has 1 atom stereocenters. The maximum atomic E-state index is 5.89. The van der Waals surface area contributed by atoms with E-state index >= 15 is 0 Å². The highest BCUT2D eigenvalue weighted by Crippen LogP contribution is 2.24. The number of benzene rings is 1. The summed E-state index contributed by atoms with van der Waals surface area (Å²) in [4.78, 5) is 13.9. The number of anilines is 1. The molecule has 0 amide bonds. The van der Waals surface area contributed by atoms with E-state index in [1.807, 2.05) is 42.6 Å². The predicted molar refractivity (Wildman–Crippen MR) is 113 cm³/mol. The van der Waals surface area contributed by atoms with Crippen molar-refractivity contribution < 1.29 is 4.42 Å². The zero-order valence-corrected chi connectivity index (χ0v) is 17.3. The molecule has 1 unspecified atom stereocenters. The van der Waals surface area contributed by atoms with E-state index in [0.717, 1.165) is 55.7 Å². The minimum absolute atomic E-state index is 0.121. The molecule has 1 aliphatic heterocycles. The van der Waals surface area contributed by atoms with E-state index in [2.05, 4.69) is 45.8 Å². The molecular weight excluding hydrogens is 364 g/mol. The van der Waals surface area contributed by atoms with Crippen molar-refractivity contribution in [2.45, 2.75) is 33.2 Å². The van der Waals surface area contributed by atoms with Crippen molar-refractivity contribution in [2.24, 2.45) is 5.92 Å². The van der Waals surface area contributed by atoms with Crippen molar-refractivity contribution in [3.8, 4) is 11.4 Å². The number of piperazine rings is 1. The van der Waals surface area contributed by atoms with Crippen molar-refractivity contribution in [3.63, 3.8) is 0 Å².